The van der Waals surface area contributed by atoms with Crippen molar-refractivity contribution in [1.29, 1.82) is 0 Å². The second-order valence-corrected chi connectivity index (χ2v) is 7.90. The van der Waals surface area contributed by atoms with E-state index in [-0.39, 0.29) is 11.6 Å². The Morgan fingerprint density at radius 3 is 2.67 bits per heavy atom. The zero-order valence-electron chi connectivity index (χ0n) is 11.4. The van der Waals surface area contributed by atoms with Crippen LogP contribution in [0.4, 0.5) is 0 Å². The van der Waals surface area contributed by atoms with Crippen LogP contribution in [0.5, 0.6) is 0 Å². The molecule has 0 amide bonds. The Bertz CT molecular complexity index is 397. The van der Waals surface area contributed by atoms with Gasteiger partial charge in [0, 0.05) is 20.9 Å². The van der Waals surface area contributed by atoms with E-state index in [9.17, 15) is 0 Å². The molecular formula is C14H23BrN2S. The maximum atomic E-state index is 6.47. The van der Waals surface area contributed by atoms with Gasteiger partial charge in [-0.15, -0.1) is 11.3 Å². The summed E-state index contributed by atoms with van der Waals surface area (Å²) in [6.45, 7) is 8.02. The van der Waals surface area contributed by atoms with Gasteiger partial charge >= 0.3 is 0 Å². The summed E-state index contributed by atoms with van der Waals surface area (Å²) in [7, 11) is 0. The maximum Gasteiger partial charge on any atom is 0.0609 e. The van der Waals surface area contributed by atoms with Crippen LogP contribution in [0.3, 0.4) is 0 Å². The molecule has 0 bridgehead atoms. The summed E-state index contributed by atoms with van der Waals surface area (Å²) in [5.41, 5.74) is 6.63. The lowest BCUT2D eigenvalue weighted by Gasteiger charge is -2.42. The predicted molar refractivity (Wildman–Crippen MR) is 83.0 cm³/mol. The van der Waals surface area contributed by atoms with E-state index in [1.807, 2.05) is 11.3 Å². The van der Waals surface area contributed by atoms with Gasteiger partial charge in [-0.05, 0) is 67.5 Å². The first kappa shape index (κ1) is 14.5. The number of nitrogens with two attached hydrogens (primary N) is 1. The Labute approximate surface area is 123 Å². The van der Waals surface area contributed by atoms with Crippen LogP contribution in [-0.4, -0.2) is 23.0 Å². The third-order valence-corrected chi connectivity index (χ3v) is 5.64. The van der Waals surface area contributed by atoms with Crippen molar-refractivity contribution in [2.45, 2.75) is 57.7 Å². The van der Waals surface area contributed by atoms with Crippen molar-refractivity contribution in [2.75, 3.05) is 6.54 Å². The zero-order chi connectivity index (χ0) is 13.3. The van der Waals surface area contributed by atoms with Crippen LogP contribution in [-0.2, 0) is 0 Å². The summed E-state index contributed by atoms with van der Waals surface area (Å²) in [5, 5.41) is 2.15. The molecule has 1 aromatic rings. The van der Waals surface area contributed by atoms with Crippen molar-refractivity contribution in [3.8, 4) is 0 Å². The molecule has 4 heteroatoms. The van der Waals surface area contributed by atoms with Crippen molar-refractivity contribution < 1.29 is 0 Å². The normalized spacial score (nSPS) is 27.2. The average Bonchev–Trinajstić information content (AvgIpc) is 2.56. The number of rotatable bonds is 1. The summed E-state index contributed by atoms with van der Waals surface area (Å²) >= 11 is 5.50. The SMILES string of the molecule is CC(C)(C)N1CCCCC(N)C1c1sccc1Br. The lowest BCUT2D eigenvalue weighted by Crippen LogP contribution is -2.49. The van der Waals surface area contributed by atoms with E-state index < -0.39 is 0 Å². The van der Waals surface area contributed by atoms with Gasteiger partial charge in [0.1, 0.15) is 0 Å². The molecule has 2 atom stereocenters. The first-order valence-electron chi connectivity index (χ1n) is 6.66. The van der Waals surface area contributed by atoms with Crippen molar-refractivity contribution in [3.05, 3.63) is 20.8 Å². The minimum atomic E-state index is 0.163. The number of thiophene rings is 1. The molecule has 1 fully saturated rings. The molecule has 0 aliphatic carbocycles. The number of halogens is 1. The van der Waals surface area contributed by atoms with Crippen molar-refractivity contribution >= 4 is 27.3 Å². The quantitative estimate of drug-likeness (QED) is 0.837. The van der Waals surface area contributed by atoms with E-state index in [2.05, 4.69) is 53.0 Å². The minimum absolute atomic E-state index is 0.163. The van der Waals surface area contributed by atoms with E-state index >= 15 is 0 Å². The van der Waals surface area contributed by atoms with Crippen LogP contribution in [0, 0.1) is 0 Å². The molecule has 1 aliphatic rings. The Kier molecular flexibility index (Phi) is 4.52. The van der Waals surface area contributed by atoms with E-state index in [0.717, 1.165) is 13.0 Å². The van der Waals surface area contributed by atoms with Gasteiger partial charge in [-0.25, -0.2) is 0 Å². The van der Waals surface area contributed by atoms with Crippen LogP contribution >= 0.6 is 27.3 Å². The molecule has 1 aliphatic heterocycles. The smallest absolute Gasteiger partial charge is 0.0609 e. The maximum absolute atomic E-state index is 6.47. The van der Waals surface area contributed by atoms with Crippen LogP contribution in [0.15, 0.2) is 15.9 Å². The molecule has 1 saturated heterocycles. The van der Waals surface area contributed by atoms with Gasteiger partial charge < -0.3 is 5.73 Å². The zero-order valence-corrected chi connectivity index (χ0v) is 13.9. The van der Waals surface area contributed by atoms with Crippen molar-refractivity contribution in [3.63, 3.8) is 0 Å². The Balaban J connectivity index is 2.38. The Hall–Kier alpha value is 0.100. The van der Waals surface area contributed by atoms with Gasteiger partial charge in [0.2, 0.25) is 0 Å². The molecule has 0 spiro atoms. The molecule has 18 heavy (non-hydrogen) atoms. The molecule has 2 heterocycles. The van der Waals surface area contributed by atoms with Gasteiger partial charge in [0.25, 0.3) is 0 Å². The first-order chi connectivity index (χ1) is 8.41. The van der Waals surface area contributed by atoms with Crippen molar-refractivity contribution in [1.82, 2.24) is 4.90 Å². The number of hydrogen-bond donors (Lipinski definition) is 1. The molecule has 1 aromatic heterocycles. The second kappa shape index (κ2) is 5.61. The lowest BCUT2D eigenvalue weighted by molar-refractivity contribution is 0.0771. The number of nitrogens with zero attached hydrogens (tertiary/aromatic N) is 1. The summed E-state index contributed by atoms with van der Waals surface area (Å²) < 4.78 is 1.21. The third kappa shape index (κ3) is 2.98. The third-order valence-electron chi connectivity index (χ3n) is 3.70. The highest BCUT2D eigenvalue weighted by molar-refractivity contribution is 9.10. The van der Waals surface area contributed by atoms with Crippen LogP contribution in [0.1, 0.15) is 51.0 Å². The molecule has 2 N–H and O–H groups in total. The van der Waals surface area contributed by atoms with E-state index in [4.69, 9.17) is 5.73 Å². The number of likely N-dealkylation sites (tertiary alicyclic amines) is 1. The molecule has 0 saturated carbocycles. The second-order valence-electron chi connectivity index (χ2n) is 6.10. The summed E-state index contributed by atoms with van der Waals surface area (Å²) in [6, 6.07) is 2.72. The van der Waals surface area contributed by atoms with E-state index in [1.165, 1.54) is 22.2 Å². The highest BCUT2D eigenvalue weighted by Gasteiger charge is 2.36. The van der Waals surface area contributed by atoms with E-state index in [1.54, 1.807) is 0 Å². The van der Waals surface area contributed by atoms with Crippen LogP contribution in [0.2, 0.25) is 0 Å². The highest BCUT2D eigenvalue weighted by atomic mass is 79.9. The van der Waals surface area contributed by atoms with Gasteiger partial charge in [-0.2, -0.15) is 0 Å². The standard InChI is InChI=1S/C14H23BrN2S/c1-14(2,3)17-8-5-4-6-11(16)12(17)13-10(15)7-9-18-13/h7,9,11-12H,4-6,8,16H2,1-3H3. The van der Waals surface area contributed by atoms with Crippen molar-refractivity contribution in [2.24, 2.45) is 5.73 Å². The number of hydrogen-bond acceptors (Lipinski definition) is 3. The van der Waals surface area contributed by atoms with Gasteiger partial charge in [0.05, 0.1) is 6.04 Å². The largest absolute Gasteiger partial charge is 0.326 e. The lowest BCUT2D eigenvalue weighted by atomic mass is 9.97. The topological polar surface area (TPSA) is 29.3 Å². The van der Waals surface area contributed by atoms with Gasteiger partial charge in [-0.1, -0.05) is 6.42 Å². The molecule has 102 valence electrons. The highest BCUT2D eigenvalue weighted by Crippen LogP contribution is 2.40. The summed E-state index contributed by atoms with van der Waals surface area (Å²) in [6.07, 6.45) is 3.62. The van der Waals surface area contributed by atoms with E-state index in [0.29, 0.717) is 6.04 Å². The fourth-order valence-corrected chi connectivity index (χ4v) is 4.59. The fraction of sp³-hybridized carbons (Fsp3) is 0.714. The first-order valence-corrected chi connectivity index (χ1v) is 8.34. The molecule has 2 nitrogen and oxygen atoms in total. The molecule has 2 unspecified atom stereocenters. The molecule has 2 rings (SSSR count). The minimum Gasteiger partial charge on any atom is -0.326 e. The Morgan fingerprint density at radius 1 is 1.39 bits per heavy atom. The Morgan fingerprint density at radius 2 is 2.11 bits per heavy atom. The molecule has 0 aromatic carbocycles. The van der Waals surface area contributed by atoms with Gasteiger partial charge in [0.15, 0.2) is 0 Å². The summed E-state index contributed by atoms with van der Waals surface area (Å²) in [5.74, 6) is 0. The predicted octanol–water partition coefficient (Wildman–Crippen LogP) is 4.16. The fourth-order valence-electron chi connectivity index (χ4n) is 2.80. The monoisotopic (exact) mass is 330 g/mol. The van der Waals surface area contributed by atoms with Crippen LogP contribution < -0.4 is 5.73 Å². The average molecular weight is 331 g/mol. The molecular weight excluding hydrogens is 308 g/mol. The molecule has 0 radical (unpaired) electrons. The van der Waals surface area contributed by atoms with Crippen LogP contribution in [0.25, 0.3) is 0 Å². The summed E-state index contributed by atoms with van der Waals surface area (Å²) in [4.78, 5) is 3.97. The van der Waals surface area contributed by atoms with Gasteiger partial charge in [-0.3, -0.25) is 4.90 Å².